The van der Waals surface area contributed by atoms with Gasteiger partial charge in [-0.1, -0.05) is 6.07 Å². The van der Waals surface area contributed by atoms with E-state index in [9.17, 15) is 14.4 Å². The highest BCUT2D eigenvalue weighted by molar-refractivity contribution is 6.07. The largest absolute Gasteiger partial charge is 0.361 e. The Labute approximate surface area is 140 Å². The van der Waals surface area contributed by atoms with Crippen molar-refractivity contribution < 1.29 is 14.4 Å². The average molecular weight is 327 g/mol. The van der Waals surface area contributed by atoms with Gasteiger partial charge in [0.2, 0.25) is 11.8 Å². The Kier molecular flexibility index (Phi) is 4.38. The van der Waals surface area contributed by atoms with Crippen LogP contribution in [0.4, 0.5) is 0 Å². The van der Waals surface area contributed by atoms with E-state index in [1.54, 1.807) is 13.8 Å². The first kappa shape index (κ1) is 16.2. The number of H-pyrrole nitrogens is 1. The Morgan fingerprint density at radius 3 is 2.83 bits per heavy atom. The van der Waals surface area contributed by atoms with E-state index in [1.165, 1.54) is 4.90 Å². The van der Waals surface area contributed by atoms with Gasteiger partial charge in [-0.05, 0) is 49.4 Å². The topological polar surface area (TPSA) is 82.3 Å². The van der Waals surface area contributed by atoms with Crippen LogP contribution in [0.1, 0.15) is 32.3 Å². The third-order valence-electron chi connectivity index (χ3n) is 4.29. The standard InChI is InChI=1S/C18H21N3O3/c1-11(2)21-17(23)10-15(18(21)24)20-16(22)6-4-12-3-5-14-13(9-12)7-8-19-14/h3,5,7-9,11,15,19H,4,6,10H2,1-2H3,(H,20,22)/t15-/m1/s1. The molecule has 6 nitrogen and oxygen atoms in total. The first-order valence-corrected chi connectivity index (χ1v) is 8.17. The number of carbonyl (C=O) groups excluding carboxylic acids is 3. The molecule has 0 saturated carbocycles. The van der Waals surface area contributed by atoms with Crippen molar-refractivity contribution in [2.75, 3.05) is 0 Å². The third kappa shape index (κ3) is 3.18. The summed E-state index contributed by atoms with van der Waals surface area (Å²) in [5.41, 5.74) is 2.13. The van der Waals surface area contributed by atoms with Crippen LogP contribution in [-0.2, 0) is 20.8 Å². The van der Waals surface area contributed by atoms with Crippen LogP contribution in [0, 0.1) is 0 Å². The van der Waals surface area contributed by atoms with E-state index in [0.717, 1.165) is 16.5 Å². The third-order valence-corrected chi connectivity index (χ3v) is 4.29. The van der Waals surface area contributed by atoms with Gasteiger partial charge in [0.15, 0.2) is 0 Å². The Hall–Kier alpha value is -2.63. The number of nitrogens with one attached hydrogen (secondary N) is 2. The van der Waals surface area contributed by atoms with Gasteiger partial charge in [-0.3, -0.25) is 19.3 Å². The van der Waals surface area contributed by atoms with Crippen LogP contribution in [0.15, 0.2) is 30.5 Å². The van der Waals surface area contributed by atoms with Crippen LogP contribution in [-0.4, -0.2) is 39.7 Å². The lowest BCUT2D eigenvalue weighted by molar-refractivity contribution is -0.141. The number of amides is 3. The van der Waals surface area contributed by atoms with Gasteiger partial charge < -0.3 is 10.3 Å². The molecule has 1 saturated heterocycles. The summed E-state index contributed by atoms with van der Waals surface area (Å²) < 4.78 is 0. The normalized spacial score (nSPS) is 18.0. The minimum atomic E-state index is -0.723. The number of aromatic nitrogens is 1. The van der Waals surface area contributed by atoms with Crippen molar-refractivity contribution >= 4 is 28.6 Å². The van der Waals surface area contributed by atoms with E-state index < -0.39 is 6.04 Å². The van der Waals surface area contributed by atoms with Crippen LogP contribution < -0.4 is 5.32 Å². The molecule has 126 valence electrons. The molecule has 2 heterocycles. The molecular formula is C18H21N3O3. The summed E-state index contributed by atoms with van der Waals surface area (Å²) in [6, 6.07) is 7.10. The molecule has 1 aromatic heterocycles. The van der Waals surface area contributed by atoms with E-state index >= 15 is 0 Å². The molecule has 0 radical (unpaired) electrons. The predicted molar refractivity (Wildman–Crippen MR) is 90.2 cm³/mol. The van der Waals surface area contributed by atoms with Gasteiger partial charge in [0, 0.05) is 24.2 Å². The Balaban J connectivity index is 1.56. The second kappa shape index (κ2) is 6.47. The summed E-state index contributed by atoms with van der Waals surface area (Å²) in [6.07, 6.45) is 2.81. The number of nitrogens with zero attached hydrogens (tertiary/aromatic N) is 1. The lowest BCUT2D eigenvalue weighted by Gasteiger charge is -2.19. The summed E-state index contributed by atoms with van der Waals surface area (Å²) in [4.78, 5) is 40.5. The van der Waals surface area contributed by atoms with Gasteiger partial charge in [-0.15, -0.1) is 0 Å². The summed E-state index contributed by atoms with van der Waals surface area (Å²) in [7, 11) is 0. The Bertz CT molecular complexity index is 794. The summed E-state index contributed by atoms with van der Waals surface area (Å²) in [5, 5.41) is 3.80. The first-order valence-electron chi connectivity index (χ1n) is 8.17. The molecule has 1 aliphatic rings. The maximum Gasteiger partial charge on any atom is 0.252 e. The molecule has 0 bridgehead atoms. The van der Waals surface area contributed by atoms with E-state index in [2.05, 4.69) is 10.3 Å². The minimum Gasteiger partial charge on any atom is -0.361 e. The number of hydrogen-bond donors (Lipinski definition) is 2. The van der Waals surface area contributed by atoms with Crippen LogP contribution >= 0.6 is 0 Å². The Morgan fingerprint density at radius 1 is 1.33 bits per heavy atom. The molecule has 3 amide bonds. The van der Waals surface area contributed by atoms with Gasteiger partial charge in [-0.25, -0.2) is 0 Å². The molecule has 0 aliphatic carbocycles. The van der Waals surface area contributed by atoms with Crippen molar-refractivity contribution in [3.63, 3.8) is 0 Å². The van der Waals surface area contributed by atoms with Crippen molar-refractivity contribution in [3.8, 4) is 0 Å². The van der Waals surface area contributed by atoms with Crippen LogP contribution in [0.3, 0.4) is 0 Å². The monoisotopic (exact) mass is 327 g/mol. The van der Waals surface area contributed by atoms with Crippen LogP contribution in [0.5, 0.6) is 0 Å². The number of aromatic amines is 1. The molecule has 3 rings (SSSR count). The molecule has 1 fully saturated rings. The summed E-state index contributed by atoms with van der Waals surface area (Å²) in [5.74, 6) is -0.740. The molecule has 1 aliphatic heterocycles. The molecule has 1 atom stereocenters. The average Bonchev–Trinajstić information content (AvgIpc) is 3.09. The molecule has 2 N–H and O–H groups in total. The highest BCUT2D eigenvalue weighted by Crippen LogP contribution is 2.17. The number of imide groups is 1. The SMILES string of the molecule is CC(C)N1C(=O)C[C@@H](NC(=O)CCc2ccc3[nH]ccc3c2)C1=O. The van der Waals surface area contributed by atoms with Gasteiger partial charge >= 0.3 is 0 Å². The van der Waals surface area contributed by atoms with Crippen LogP contribution in [0.25, 0.3) is 10.9 Å². The number of rotatable bonds is 5. The van der Waals surface area contributed by atoms with Crippen molar-refractivity contribution in [2.24, 2.45) is 0 Å². The number of carbonyl (C=O) groups is 3. The highest BCUT2D eigenvalue weighted by Gasteiger charge is 2.40. The molecule has 1 aromatic carbocycles. The first-order chi connectivity index (χ1) is 11.5. The molecule has 24 heavy (non-hydrogen) atoms. The zero-order chi connectivity index (χ0) is 17.3. The molecule has 0 unspecified atom stereocenters. The summed E-state index contributed by atoms with van der Waals surface area (Å²) in [6.45, 7) is 3.58. The fourth-order valence-corrected chi connectivity index (χ4v) is 3.09. The second-order valence-corrected chi connectivity index (χ2v) is 6.42. The van der Waals surface area contributed by atoms with Crippen molar-refractivity contribution in [2.45, 2.75) is 45.2 Å². The molecular weight excluding hydrogens is 306 g/mol. The second-order valence-electron chi connectivity index (χ2n) is 6.42. The van der Waals surface area contributed by atoms with Gasteiger partial charge in [0.1, 0.15) is 6.04 Å². The van der Waals surface area contributed by atoms with Gasteiger partial charge in [0.25, 0.3) is 5.91 Å². The van der Waals surface area contributed by atoms with Gasteiger partial charge in [0.05, 0.1) is 6.42 Å². The fraction of sp³-hybridized carbons (Fsp3) is 0.389. The molecule has 2 aromatic rings. The maximum atomic E-state index is 12.2. The highest BCUT2D eigenvalue weighted by atomic mass is 16.2. The minimum absolute atomic E-state index is 0.0536. The fourth-order valence-electron chi connectivity index (χ4n) is 3.09. The zero-order valence-electron chi connectivity index (χ0n) is 13.8. The van der Waals surface area contributed by atoms with Crippen molar-refractivity contribution in [1.82, 2.24) is 15.2 Å². The van der Waals surface area contributed by atoms with E-state index in [1.807, 2.05) is 30.5 Å². The Morgan fingerprint density at radius 2 is 2.12 bits per heavy atom. The maximum absolute atomic E-state index is 12.2. The van der Waals surface area contributed by atoms with Crippen LogP contribution in [0.2, 0.25) is 0 Å². The van der Waals surface area contributed by atoms with E-state index in [0.29, 0.717) is 6.42 Å². The number of benzene rings is 1. The quantitative estimate of drug-likeness (QED) is 0.821. The van der Waals surface area contributed by atoms with E-state index in [-0.39, 0.29) is 36.6 Å². The zero-order valence-corrected chi connectivity index (χ0v) is 13.8. The number of fused-ring (bicyclic) bond motifs is 1. The van der Waals surface area contributed by atoms with E-state index in [4.69, 9.17) is 0 Å². The smallest absolute Gasteiger partial charge is 0.252 e. The van der Waals surface area contributed by atoms with Crippen molar-refractivity contribution in [3.05, 3.63) is 36.0 Å². The summed E-state index contributed by atoms with van der Waals surface area (Å²) >= 11 is 0. The molecule has 0 spiro atoms. The number of aryl methyl sites for hydroxylation is 1. The number of hydrogen-bond acceptors (Lipinski definition) is 3. The number of likely N-dealkylation sites (tertiary alicyclic amines) is 1. The molecule has 6 heteroatoms. The van der Waals surface area contributed by atoms with Gasteiger partial charge in [-0.2, -0.15) is 0 Å². The lowest BCUT2D eigenvalue weighted by Crippen LogP contribution is -2.43. The lowest BCUT2D eigenvalue weighted by atomic mass is 10.1. The predicted octanol–water partition coefficient (Wildman–Crippen LogP) is 1.75. The van der Waals surface area contributed by atoms with Crippen molar-refractivity contribution in [1.29, 1.82) is 0 Å².